The molecule has 0 spiro atoms. The van der Waals surface area contributed by atoms with Crippen LogP contribution in [0.3, 0.4) is 0 Å². The molecular weight excluding hydrogens is 272 g/mol. The van der Waals surface area contributed by atoms with E-state index in [1.54, 1.807) is 29.2 Å². The largest absolute Gasteiger partial charge is 0.480 e. The third-order valence-electron chi connectivity index (χ3n) is 2.69. The third kappa shape index (κ3) is 3.75. The van der Waals surface area contributed by atoms with Gasteiger partial charge in [0.1, 0.15) is 12.6 Å². The van der Waals surface area contributed by atoms with Crippen molar-refractivity contribution in [3.05, 3.63) is 29.3 Å². The fraction of sp³-hybridized carbons (Fsp3) is 0.333. The number of aliphatic carboxylic acids is 1. The number of cyclic esters (lactones) is 1. The molecule has 1 fully saturated rings. The Balaban J connectivity index is 2.09. The number of ether oxygens (including phenoxy) is 1. The minimum absolute atomic E-state index is 0.171. The van der Waals surface area contributed by atoms with Crippen LogP contribution in [0.15, 0.2) is 24.3 Å². The lowest BCUT2D eigenvalue weighted by Gasteiger charge is -2.25. The summed E-state index contributed by atoms with van der Waals surface area (Å²) in [4.78, 5) is 23.5. The maximum absolute atomic E-state index is 11.0. The van der Waals surface area contributed by atoms with Crippen LogP contribution in [-0.2, 0) is 9.53 Å². The Morgan fingerprint density at radius 1 is 1.47 bits per heavy atom. The zero-order valence-corrected chi connectivity index (χ0v) is 10.8. The van der Waals surface area contributed by atoms with Crippen LogP contribution < -0.4 is 10.2 Å². The molecule has 1 saturated heterocycles. The number of carboxylic acid groups (broad SMARTS) is 1. The van der Waals surface area contributed by atoms with Crippen molar-refractivity contribution in [2.75, 3.05) is 24.5 Å². The van der Waals surface area contributed by atoms with E-state index in [0.717, 1.165) is 5.69 Å². The van der Waals surface area contributed by atoms with Crippen molar-refractivity contribution in [3.8, 4) is 0 Å². The molecule has 1 heterocycles. The molecule has 6 nitrogen and oxygen atoms in total. The first-order valence-electron chi connectivity index (χ1n) is 5.71. The highest BCUT2D eigenvalue weighted by Gasteiger charge is 2.25. The van der Waals surface area contributed by atoms with Crippen LogP contribution in [0.1, 0.15) is 0 Å². The fourth-order valence-electron chi connectivity index (χ4n) is 1.86. The number of hydrogen-bond donors (Lipinski definition) is 2. The topological polar surface area (TPSA) is 78.9 Å². The molecule has 0 aliphatic carbocycles. The number of halogens is 1. The van der Waals surface area contributed by atoms with Crippen molar-refractivity contribution in [3.63, 3.8) is 0 Å². The molecule has 2 rings (SSSR count). The number of anilines is 1. The number of nitrogens with zero attached hydrogens (tertiary/aromatic N) is 1. The van der Waals surface area contributed by atoms with Crippen molar-refractivity contribution in [2.45, 2.75) is 6.10 Å². The second-order valence-electron chi connectivity index (χ2n) is 4.16. The van der Waals surface area contributed by atoms with E-state index >= 15 is 0 Å². The Hall–Kier alpha value is -1.95. The van der Waals surface area contributed by atoms with Gasteiger partial charge in [-0.2, -0.15) is 0 Å². The zero-order valence-electron chi connectivity index (χ0n) is 10.0. The molecule has 1 aromatic rings. The van der Waals surface area contributed by atoms with E-state index < -0.39 is 12.1 Å². The fourth-order valence-corrected chi connectivity index (χ4v) is 1.98. The maximum atomic E-state index is 11.0. The van der Waals surface area contributed by atoms with Gasteiger partial charge in [-0.15, -0.1) is 0 Å². The minimum atomic E-state index is -0.952. The second-order valence-corrected chi connectivity index (χ2v) is 4.60. The smallest absolute Gasteiger partial charge is 0.407 e. The van der Waals surface area contributed by atoms with Crippen molar-refractivity contribution in [2.24, 2.45) is 0 Å². The van der Waals surface area contributed by atoms with Gasteiger partial charge in [-0.1, -0.05) is 11.6 Å². The van der Waals surface area contributed by atoms with Crippen molar-refractivity contribution in [1.82, 2.24) is 5.32 Å². The van der Waals surface area contributed by atoms with Gasteiger partial charge in [-0.3, -0.25) is 4.79 Å². The number of benzene rings is 1. The summed E-state index contributed by atoms with van der Waals surface area (Å²) in [5, 5.41) is 12.0. The van der Waals surface area contributed by atoms with Crippen LogP contribution in [0, 0.1) is 0 Å². The van der Waals surface area contributed by atoms with E-state index in [-0.39, 0.29) is 12.6 Å². The molecule has 1 unspecified atom stereocenters. The number of carbonyl (C=O) groups excluding carboxylic acids is 1. The lowest BCUT2D eigenvalue weighted by Crippen LogP contribution is -2.37. The molecule has 1 atom stereocenters. The van der Waals surface area contributed by atoms with Gasteiger partial charge in [0.2, 0.25) is 0 Å². The Morgan fingerprint density at radius 2 is 2.16 bits per heavy atom. The lowest BCUT2D eigenvalue weighted by molar-refractivity contribution is -0.135. The van der Waals surface area contributed by atoms with Crippen molar-refractivity contribution in [1.29, 1.82) is 0 Å². The van der Waals surface area contributed by atoms with Crippen molar-refractivity contribution < 1.29 is 19.4 Å². The highest BCUT2D eigenvalue weighted by atomic mass is 35.5. The van der Waals surface area contributed by atoms with Crippen LogP contribution in [0.25, 0.3) is 0 Å². The van der Waals surface area contributed by atoms with Gasteiger partial charge in [0.05, 0.1) is 13.1 Å². The van der Waals surface area contributed by atoms with Gasteiger partial charge in [-0.25, -0.2) is 4.79 Å². The third-order valence-corrected chi connectivity index (χ3v) is 2.94. The molecule has 1 amide bonds. The van der Waals surface area contributed by atoms with Crippen LogP contribution in [0.4, 0.5) is 10.5 Å². The normalized spacial score (nSPS) is 17.7. The SMILES string of the molecule is O=C(O)CN(CC1CNC(=O)O1)c1ccc(Cl)cc1. The molecule has 1 aliphatic heterocycles. The number of amides is 1. The van der Waals surface area contributed by atoms with E-state index in [9.17, 15) is 9.59 Å². The number of carboxylic acids is 1. The molecule has 2 N–H and O–H groups in total. The molecule has 19 heavy (non-hydrogen) atoms. The maximum Gasteiger partial charge on any atom is 0.407 e. The first kappa shape index (κ1) is 13.5. The highest BCUT2D eigenvalue weighted by molar-refractivity contribution is 6.30. The van der Waals surface area contributed by atoms with Gasteiger partial charge in [0.15, 0.2) is 0 Å². The molecule has 7 heteroatoms. The standard InChI is InChI=1S/C12H13ClN2O4/c13-8-1-3-9(4-2-8)15(7-11(16)17)6-10-5-14-12(18)19-10/h1-4,10H,5-7H2,(H,14,18)(H,16,17). The van der Waals surface area contributed by atoms with Crippen LogP contribution in [0.2, 0.25) is 5.02 Å². The van der Waals surface area contributed by atoms with Gasteiger partial charge in [0.25, 0.3) is 0 Å². The predicted octanol–water partition coefficient (Wildman–Crippen LogP) is 1.34. The van der Waals surface area contributed by atoms with E-state index in [0.29, 0.717) is 18.1 Å². The van der Waals surface area contributed by atoms with Crippen LogP contribution >= 0.6 is 11.6 Å². The number of nitrogens with one attached hydrogen (secondary N) is 1. The number of rotatable bonds is 5. The quantitative estimate of drug-likeness (QED) is 0.853. The summed E-state index contributed by atoms with van der Waals surface area (Å²) in [7, 11) is 0. The summed E-state index contributed by atoms with van der Waals surface area (Å²) in [5.74, 6) is -0.952. The zero-order chi connectivity index (χ0) is 13.8. The number of alkyl carbamates (subject to hydrolysis) is 1. The summed E-state index contributed by atoms with van der Waals surface area (Å²) in [6, 6.07) is 6.83. The van der Waals surface area contributed by atoms with E-state index in [2.05, 4.69) is 5.32 Å². The number of carbonyl (C=O) groups is 2. The van der Waals surface area contributed by atoms with E-state index in [1.165, 1.54) is 0 Å². The Kier molecular flexibility index (Phi) is 4.11. The molecule has 0 aromatic heterocycles. The summed E-state index contributed by atoms with van der Waals surface area (Å²) in [5.41, 5.74) is 0.717. The highest BCUT2D eigenvalue weighted by Crippen LogP contribution is 2.19. The van der Waals surface area contributed by atoms with Gasteiger partial charge in [0, 0.05) is 10.7 Å². The Morgan fingerprint density at radius 3 is 2.68 bits per heavy atom. The minimum Gasteiger partial charge on any atom is -0.480 e. The van der Waals surface area contributed by atoms with E-state index in [1.807, 2.05) is 0 Å². The summed E-state index contributed by atoms with van der Waals surface area (Å²) in [6.45, 7) is 0.519. The molecule has 0 saturated carbocycles. The van der Waals surface area contributed by atoms with Gasteiger partial charge in [-0.05, 0) is 24.3 Å². The van der Waals surface area contributed by atoms with Gasteiger partial charge < -0.3 is 20.1 Å². The monoisotopic (exact) mass is 284 g/mol. The average Bonchev–Trinajstić information content (AvgIpc) is 2.74. The van der Waals surface area contributed by atoms with E-state index in [4.69, 9.17) is 21.4 Å². The Bertz CT molecular complexity index is 477. The second kappa shape index (κ2) is 5.79. The molecular formula is C12H13ClN2O4. The first-order valence-corrected chi connectivity index (χ1v) is 6.09. The molecule has 1 aliphatic rings. The Labute approximate surface area is 114 Å². The molecule has 0 bridgehead atoms. The molecule has 0 radical (unpaired) electrons. The van der Waals surface area contributed by atoms with Crippen LogP contribution in [-0.4, -0.2) is 42.9 Å². The van der Waals surface area contributed by atoms with Gasteiger partial charge >= 0.3 is 12.1 Å². The summed E-state index contributed by atoms with van der Waals surface area (Å²) >= 11 is 5.80. The van der Waals surface area contributed by atoms with Crippen LogP contribution in [0.5, 0.6) is 0 Å². The lowest BCUT2D eigenvalue weighted by atomic mass is 10.2. The number of hydrogen-bond acceptors (Lipinski definition) is 4. The summed E-state index contributed by atoms with van der Waals surface area (Å²) < 4.78 is 5.01. The van der Waals surface area contributed by atoms with Crippen molar-refractivity contribution >= 4 is 29.4 Å². The molecule has 102 valence electrons. The first-order chi connectivity index (χ1) is 9.04. The average molecular weight is 285 g/mol. The molecule has 1 aromatic carbocycles. The summed E-state index contributed by atoms with van der Waals surface area (Å²) in [6.07, 6.45) is -0.834. The predicted molar refractivity (Wildman–Crippen MR) is 69.6 cm³/mol.